The highest BCUT2D eigenvalue weighted by molar-refractivity contribution is 6.32. The van der Waals surface area contributed by atoms with Crippen LogP contribution in [0, 0.1) is 16.0 Å². The standard InChI is InChI=1S/C14H17ClN2O3/c1-16(9-10-4-2-3-5-10)14(18)11-6-7-12(15)13(8-11)17(19)20/h6-8,10H,2-5,9H2,1H3. The van der Waals surface area contributed by atoms with Crippen LogP contribution < -0.4 is 0 Å². The number of nitro groups is 1. The van der Waals surface area contributed by atoms with Gasteiger partial charge in [0.05, 0.1) is 4.92 Å². The van der Waals surface area contributed by atoms with Gasteiger partial charge in [-0.2, -0.15) is 0 Å². The number of nitro benzene ring substituents is 1. The highest BCUT2D eigenvalue weighted by Crippen LogP contribution is 2.27. The van der Waals surface area contributed by atoms with Crippen molar-refractivity contribution < 1.29 is 9.72 Å². The van der Waals surface area contributed by atoms with Gasteiger partial charge < -0.3 is 4.90 Å². The van der Waals surface area contributed by atoms with Crippen molar-refractivity contribution in [1.82, 2.24) is 4.90 Å². The molecule has 0 unspecified atom stereocenters. The molecule has 1 aliphatic carbocycles. The first kappa shape index (κ1) is 14.8. The van der Waals surface area contributed by atoms with Crippen LogP contribution in [0.5, 0.6) is 0 Å². The van der Waals surface area contributed by atoms with Crippen LogP contribution in [0.1, 0.15) is 36.0 Å². The third-order valence-electron chi connectivity index (χ3n) is 3.74. The highest BCUT2D eigenvalue weighted by Gasteiger charge is 2.22. The summed E-state index contributed by atoms with van der Waals surface area (Å²) >= 11 is 5.75. The normalized spacial score (nSPS) is 15.3. The van der Waals surface area contributed by atoms with E-state index in [1.807, 2.05) is 0 Å². The zero-order valence-electron chi connectivity index (χ0n) is 11.3. The molecule has 2 rings (SSSR count). The molecule has 1 saturated carbocycles. The van der Waals surface area contributed by atoms with Crippen LogP contribution in [0.15, 0.2) is 18.2 Å². The van der Waals surface area contributed by atoms with E-state index in [9.17, 15) is 14.9 Å². The van der Waals surface area contributed by atoms with Gasteiger partial charge in [0, 0.05) is 25.2 Å². The minimum Gasteiger partial charge on any atom is -0.341 e. The summed E-state index contributed by atoms with van der Waals surface area (Å²) in [5.41, 5.74) is 0.0772. The lowest BCUT2D eigenvalue weighted by molar-refractivity contribution is -0.384. The van der Waals surface area contributed by atoms with Crippen LogP contribution in [0.3, 0.4) is 0 Å². The van der Waals surface area contributed by atoms with E-state index in [0.717, 1.165) is 12.8 Å². The zero-order valence-corrected chi connectivity index (χ0v) is 12.1. The molecule has 5 nitrogen and oxygen atoms in total. The largest absolute Gasteiger partial charge is 0.341 e. The van der Waals surface area contributed by atoms with Crippen molar-refractivity contribution in [1.29, 1.82) is 0 Å². The summed E-state index contributed by atoms with van der Waals surface area (Å²) in [6.07, 6.45) is 4.75. The number of hydrogen-bond acceptors (Lipinski definition) is 3. The van der Waals surface area contributed by atoms with E-state index in [1.165, 1.54) is 31.0 Å². The lowest BCUT2D eigenvalue weighted by Crippen LogP contribution is -2.31. The SMILES string of the molecule is CN(CC1CCCC1)C(=O)c1ccc(Cl)c([N+](=O)[O-])c1. The molecule has 0 N–H and O–H groups in total. The number of rotatable bonds is 4. The van der Waals surface area contributed by atoms with Crippen molar-refractivity contribution in [3.8, 4) is 0 Å². The van der Waals surface area contributed by atoms with Gasteiger partial charge in [-0.1, -0.05) is 24.4 Å². The molecule has 1 aromatic carbocycles. The molecule has 1 aromatic rings. The van der Waals surface area contributed by atoms with E-state index in [-0.39, 0.29) is 16.6 Å². The fourth-order valence-electron chi connectivity index (χ4n) is 2.67. The second-order valence-electron chi connectivity index (χ2n) is 5.26. The summed E-state index contributed by atoms with van der Waals surface area (Å²) in [7, 11) is 1.74. The minimum absolute atomic E-state index is 0.0463. The molecule has 0 aliphatic heterocycles. The fourth-order valence-corrected chi connectivity index (χ4v) is 2.86. The predicted molar refractivity (Wildman–Crippen MR) is 77.0 cm³/mol. The van der Waals surface area contributed by atoms with Gasteiger partial charge >= 0.3 is 0 Å². The summed E-state index contributed by atoms with van der Waals surface area (Å²) in [5.74, 6) is 0.350. The Kier molecular flexibility index (Phi) is 4.60. The fraction of sp³-hybridized carbons (Fsp3) is 0.500. The van der Waals surface area contributed by atoms with Crippen molar-refractivity contribution in [2.75, 3.05) is 13.6 Å². The van der Waals surface area contributed by atoms with E-state index in [0.29, 0.717) is 18.0 Å². The molecule has 0 aromatic heterocycles. The Labute approximate surface area is 122 Å². The number of halogens is 1. The Morgan fingerprint density at radius 3 is 2.70 bits per heavy atom. The highest BCUT2D eigenvalue weighted by atomic mass is 35.5. The van der Waals surface area contributed by atoms with E-state index in [1.54, 1.807) is 11.9 Å². The molecule has 1 fully saturated rings. The Morgan fingerprint density at radius 1 is 1.45 bits per heavy atom. The predicted octanol–water partition coefficient (Wildman–Crippen LogP) is 3.51. The Hall–Kier alpha value is -1.62. The third-order valence-corrected chi connectivity index (χ3v) is 4.06. The summed E-state index contributed by atoms with van der Waals surface area (Å²) in [6, 6.07) is 4.18. The second-order valence-corrected chi connectivity index (χ2v) is 5.67. The molecule has 0 spiro atoms. The zero-order chi connectivity index (χ0) is 14.7. The van der Waals surface area contributed by atoms with Crippen molar-refractivity contribution in [2.45, 2.75) is 25.7 Å². The molecule has 6 heteroatoms. The molecule has 108 valence electrons. The van der Waals surface area contributed by atoms with E-state index >= 15 is 0 Å². The van der Waals surface area contributed by atoms with Gasteiger partial charge in [0.2, 0.25) is 0 Å². The lowest BCUT2D eigenvalue weighted by atomic mass is 10.1. The van der Waals surface area contributed by atoms with E-state index in [2.05, 4.69) is 0 Å². The van der Waals surface area contributed by atoms with Crippen molar-refractivity contribution in [3.05, 3.63) is 38.9 Å². The maximum Gasteiger partial charge on any atom is 0.288 e. The number of benzene rings is 1. The van der Waals surface area contributed by atoms with E-state index < -0.39 is 4.92 Å². The molecular formula is C14H17ClN2O3. The number of nitrogens with zero attached hydrogens (tertiary/aromatic N) is 2. The number of carbonyl (C=O) groups is 1. The first-order valence-corrected chi connectivity index (χ1v) is 7.06. The summed E-state index contributed by atoms with van der Waals surface area (Å²) in [6.45, 7) is 0.704. The molecule has 1 aliphatic rings. The van der Waals surface area contributed by atoms with Crippen LogP contribution in [-0.2, 0) is 0 Å². The van der Waals surface area contributed by atoms with E-state index in [4.69, 9.17) is 11.6 Å². The van der Waals surface area contributed by atoms with Crippen LogP contribution in [0.2, 0.25) is 5.02 Å². The molecule has 0 bridgehead atoms. The first-order valence-electron chi connectivity index (χ1n) is 6.68. The van der Waals surface area contributed by atoms with Crippen molar-refractivity contribution >= 4 is 23.2 Å². The average molecular weight is 297 g/mol. The van der Waals surface area contributed by atoms with Gasteiger partial charge in [0.1, 0.15) is 5.02 Å². The Bertz CT molecular complexity index is 527. The second kappa shape index (κ2) is 6.22. The Balaban J connectivity index is 2.11. The number of carbonyl (C=O) groups excluding carboxylic acids is 1. The number of hydrogen-bond donors (Lipinski definition) is 0. The monoisotopic (exact) mass is 296 g/mol. The van der Waals surface area contributed by atoms with Gasteiger partial charge in [-0.25, -0.2) is 0 Å². The molecule has 0 atom stereocenters. The van der Waals surface area contributed by atoms with Gasteiger partial charge in [-0.15, -0.1) is 0 Å². The maximum atomic E-state index is 12.3. The Morgan fingerprint density at radius 2 is 2.10 bits per heavy atom. The quantitative estimate of drug-likeness (QED) is 0.631. The van der Waals surface area contributed by atoms with Crippen LogP contribution in [0.4, 0.5) is 5.69 Å². The minimum atomic E-state index is -0.573. The molecule has 0 saturated heterocycles. The topological polar surface area (TPSA) is 63.5 Å². The third kappa shape index (κ3) is 3.28. The van der Waals surface area contributed by atoms with Gasteiger partial charge in [0.25, 0.3) is 11.6 Å². The summed E-state index contributed by atoms with van der Waals surface area (Å²) < 4.78 is 0. The average Bonchev–Trinajstić information content (AvgIpc) is 2.91. The summed E-state index contributed by atoms with van der Waals surface area (Å²) in [5, 5.41) is 10.9. The molecule has 1 amide bonds. The van der Waals surface area contributed by atoms with Crippen LogP contribution >= 0.6 is 11.6 Å². The maximum absolute atomic E-state index is 12.3. The van der Waals surface area contributed by atoms with Crippen molar-refractivity contribution in [2.24, 2.45) is 5.92 Å². The van der Waals surface area contributed by atoms with Crippen LogP contribution in [-0.4, -0.2) is 29.3 Å². The molecule has 0 radical (unpaired) electrons. The smallest absolute Gasteiger partial charge is 0.288 e. The summed E-state index contributed by atoms with van der Waals surface area (Å²) in [4.78, 5) is 24.2. The van der Waals surface area contributed by atoms with Crippen molar-refractivity contribution in [3.63, 3.8) is 0 Å². The van der Waals surface area contributed by atoms with Gasteiger partial charge in [-0.3, -0.25) is 14.9 Å². The molecule has 20 heavy (non-hydrogen) atoms. The first-order chi connectivity index (χ1) is 9.49. The lowest BCUT2D eigenvalue weighted by Gasteiger charge is -2.21. The van der Waals surface area contributed by atoms with Gasteiger partial charge in [-0.05, 0) is 30.9 Å². The molecular weight excluding hydrogens is 280 g/mol. The van der Waals surface area contributed by atoms with Gasteiger partial charge in [0.15, 0.2) is 0 Å². The van der Waals surface area contributed by atoms with Crippen LogP contribution in [0.25, 0.3) is 0 Å². The molecule has 0 heterocycles. The number of amides is 1.